The van der Waals surface area contributed by atoms with Crippen molar-refractivity contribution >= 4 is 16.0 Å². The van der Waals surface area contributed by atoms with E-state index < -0.39 is 28.1 Å². The van der Waals surface area contributed by atoms with Gasteiger partial charge in [0.25, 0.3) is 0 Å². The van der Waals surface area contributed by atoms with Gasteiger partial charge in [-0.15, -0.1) is 0 Å². The van der Waals surface area contributed by atoms with Gasteiger partial charge in [0, 0.05) is 13.0 Å². The average Bonchev–Trinajstić information content (AvgIpc) is 2.67. The topological polar surface area (TPSA) is 104 Å². The van der Waals surface area contributed by atoms with Gasteiger partial charge >= 0.3 is 5.97 Å². The zero-order chi connectivity index (χ0) is 20.3. The molecule has 1 aliphatic rings. The van der Waals surface area contributed by atoms with Crippen LogP contribution in [-0.4, -0.2) is 47.6 Å². The highest BCUT2D eigenvalue weighted by molar-refractivity contribution is 7.89. The largest absolute Gasteiger partial charge is 0.489 e. The Morgan fingerprint density at radius 1 is 1.14 bits per heavy atom. The van der Waals surface area contributed by atoms with Crippen LogP contribution in [-0.2, 0) is 21.4 Å². The highest BCUT2D eigenvalue weighted by Crippen LogP contribution is 2.27. The number of aryl methyl sites for hydroxylation is 1. The van der Waals surface area contributed by atoms with Crippen molar-refractivity contribution in [2.45, 2.75) is 43.4 Å². The number of carbonyl (C=O) groups is 1. The lowest BCUT2D eigenvalue weighted by Crippen LogP contribution is -2.51. The molecule has 0 spiro atoms. The summed E-state index contributed by atoms with van der Waals surface area (Å²) in [6.07, 6.45) is -0.724. The fraction of sp³-hybridized carbons (Fsp3) is 0.350. The van der Waals surface area contributed by atoms with Crippen molar-refractivity contribution in [3.05, 3.63) is 59.7 Å². The lowest BCUT2D eigenvalue weighted by atomic mass is 10.0. The summed E-state index contributed by atoms with van der Waals surface area (Å²) in [6.45, 7) is 2.32. The molecule has 0 aliphatic carbocycles. The molecule has 1 aliphatic heterocycles. The molecule has 2 N–H and O–H groups in total. The van der Waals surface area contributed by atoms with E-state index >= 15 is 0 Å². The van der Waals surface area contributed by atoms with Crippen LogP contribution < -0.4 is 4.74 Å². The van der Waals surface area contributed by atoms with Crippen molar-refractivity contribution in [1.82, 2.24) is 4.31 Å². The van der Waals surface area contributed by atoms with Crippen LogP contribution in [0, 0.1) is 6.92 Å². The molecule has 3 rings (SSSR count). The van der Waals surface area contributed by atoms with Crippen molar-refractivity contribution in [2.24, 2.45) is 0 Å². The van der Waals surface area contributed by atoms with E-state index in [9.17, 15) is 23.4 Å². The molecule has 0 radical (unpaired) electrons. The molecule has 28 heavy (non-hydrogen) atoms. The van der Waals surface area contributed by atoms with Crippen LogP contribution in [0.5, 0.6) is 5.75 Å². The predicted octanol–water partition coefficient (Wildman–Crippen LogP) is 2.17. The van der Waals surface area contributed by atoms with Gasteiger partial charge in [0.05, 0.1) is 11.0 Å². The first-order valence-corrected chi connectivity index (χ1v) is 10.4. The Kier molecular flexibility index (Phi) is 6.02. The van der Waals surface area contributed by atoms with E-state index in [1.165, 1.54) is 12.1 Å². The van der Waals surface area contributed by atoms with Crippen LogP contribution in [0.15, 0.2) is 53.4 Å². The molecule has 1 heterocycles. The average molecular weight is 405 g/mol. The van der Waals surface area contributed by atoms with Crippen LogP contribution in [0.2, 0.25) is 0 Å². The molecule has 2 aromatic carbocycles. The van der Waals surface area contributed by atoms with Crippen LogP contribution in [0.1, 0.15) is 24.0 Å². The molecule has 0 saturated carbocycles. The van der Waals surface area contributed by atoms with E-state index in [1.807, 2.05) is 31.2 Å². The molecule has 1 fully saturated rings. The van der Waals surface area contributed by atoms with Crippen LogP contribution >= 0.6 is 0 Å². The Labute approximate surface area is 164 Å². The maximum atomic E-state index is 12.9. The monoisotopic (exact) mass is 405 g/mol. The molecule has 2 unspecified atom stereocenters. The maximum absolute atomic E-state index is 12.9. The number of sulfonamides is 1. The van der Waals surface area contributed by atoms with Gasteiger partial charge < -0.3 is 14.9 Å². The Morgan fingerprint density at radius 2 is 1.79 bits per heavy atom. The number of carboxylic acid groups (broad SMARTS) is 1. The second-order valence-electron chi connectivity index (χ2n) is 6.89. The number of aliphatic hydroxyl groups excluding tert-OH is 1. The highest BCUT2D eigenvalue weighted by atomic mass is 32.2. The molecule has 0 amide bonds. The molecule has 150 valence electrons. The van der Waals surface area contributed by atoms with Crippen molar-refractivity contribution in [3.63, 3.8) is 0 Å². The van der Waals surface area contributed by atoms with E-state index in [1.54, 1.807) is 12.1 Å². The first-order valence-electron chi connectivity index (χ1n) is 8.98. The van der Waals surface area contributed by atoms with Gasteiger partial charge in [-0.05, 0) is 43.2 Å². The van der Waals surface area contributed by atoms with E-state index in [-0.39, 0.29) is 24.3 Å². The minimum atomic E-state index is -3.98. The van der Waals surface area contributed by atoms with E-state index in [0.717, 1.165) is 15.4 Å². The van der Waals surface area contributed by atoms with Crippen LogP contribution in [0.4, 0.5) is 0 Å². The zero-order valence-electron chi connectivity index (χ0n) is 15.5. The Morgan fingerprint density at radius 3 is 2.39 bits per heavy atom. The number of hydrogen-bond acceptors (Lipinski definition) is 5. The van der Waals surface area contributed by atoms with Crippen molar-refractivity contribution < 1.29 is 28.2 Å². The number of aliphatic hydroxyl groups is 1. The van der Waals surface area contributed by atoms with E-state index in [2.05, 4.69) is 0 Å². The summed E-state index contributed by atoms with van der Waals surface area (Å²) in [4.78, 5) is 11.4. The molecule has 1 saturated heterocycles. The fourth-order valence-corrected chi connectivity index (χ4v) is 4.74. The number of aliphatic carboxylic acids is 1. The minimum Gasteiger partial charge on any atom is -0.489 e. The van der Waals surface area contributed by atoms with Gasteiger partial charge in [0.1, 0.15) is 18.4 Å². The molecule has 2 aromatic rings. The van der Waals surface area contributed by atoms with Crippen molar-refractivity contribution in [3.8, 4) is 5.75 Å². The van der Waals surface area contributed by atoms with Crippen LogP contribution in [0.3, 0.4) is 0 Å². The molecule has 0 aromatic heterocycles. The molecular formula is C20H23NO6S. The number of rotatable bonds is 6. The number of ether oxygens (including phenoxy) is 1. The smallest absolute Gasteiger partial charge is 0.322 e. The third kappa shape index (κ3) is 4.52. The summed E-state index contributed by atoms with van der Waals surface area (Å²) in [5.74, 6) is -0.747. The lowest BCUT2D eigenvalue weighted by Gasteiger charge is -2.34. The van der Waals surface area contributed by atoms with Gasteiger partial charge in [-0.1, -0.05) is 29.8 Å². The van der Waals surface area contributed by atoms with Crippen LogP contribution in [0.25, 0.3) is 0 Å². The fourth-order valence-electron chi connectivity index (χ4n) is 3.13. The number of hydrogen-bond donors (Lipinski definition) is 2. The number of nitrogens with zero attached hydrogens (tertiary/aromatic N) is 1. The van der Waals surface area contributed by atoms with Gasteiger partial charge in [0.2, 0.25) is 10.0 Å². The van der Waals surface area contributed by atoms with Gasteiger partial charge in [-0.25, -0.2) is 8.42 Å². The highest BCUT2D eigenvalue weighted by Gasteiger charge is 2.40. The van der Waals surface area contributed by atoms with E-state index in [4.69, 9.17) is 4.74 Å². The minimum absolute atomic E-state index is 0.00201. The Bertz CT molecular complexity index is 924. The summed E-state index contributed by atoms with van der Waals surface area (Å²) in [5.41, 5.74) is 2.15. The summed E-state index contributed by atoms with van der Waals surface area (Å²) in [5, 5.41) is 19.0. The molecule has 2 atom stereocenters. The summed E-state index contributed by atoms with van der Waals surface area (Å²) in [6, 6.07) is 12.5. The number of carboxylic acids is 1. The molecule has 7 nitrogen and oxygen atoms in total. The number of benzene rings is 2. The molecule has 0 bridgehead atoms. The third-order valence-electron chi connectivity index (χ3n) is 4.77. The normalized spacial score (nSPS) is 20.6. The summed E-state index contributed by atoms with van der Waals surface area (Å²) >= 11 is 0. The second kappa shape index (κ2) is 8.30. The van der Waals surface area contributed by atoms with Gasteiger partial charge in [-0.2, -0.15) is 4.31 Å². The second-order valence-corrected chi connectivity index (χ2v) is 8.78. The Balaban J connectivity index is 1.72. The quantitative estimate of drug-likeness (QED) is 0.763. The molecular weight excluding hydrogens is 382 g/mol. The predicted molar refractivity (Wildman–Crippen MR) is 103 cm³/mol. The number of piperidine rings is 1. The summed E-state index contributed by atoms with van der Waals surface area (Å²) < 4.78 is 32.4. The SMILES string of the molecule is Cc1ccc(COc2ccc(S(=O)(=O)N3CCC(O)CC3C(=O)O)cc2)cc1. The summed E-state index contributed by atoms with van der Waals surface area (Å²) in [7, 11) is -3.98. The first kappa shape index (κ1) is 20.3. The van der Waals surface area contributed by atoms with Crippen molar-refractivity contribution in [2.75, 3.05) is 6.54 Å². The molecule has 8 heteroatoms. The van der Waals surface area contributed by atoms with Gasteiger partial charge in [-0.3, -0.25) is 4.79 Å². The zero-order valence-corrected chi connectivity index (χ0v) is 16.3. The van der Waals surface area contributed by atoms with E-state index in [0.29, 0.717) is 12.4 Å². The third-order valence-corrected chi connectivity index (χ3v) is 6.69. The maximum Gasteiger partial charge on any atom is 0.322 e. The van der Waals surface area contributed by atoms with Gasteiger partial charge in [0.15, 0.2) is 0 Å². The van der Waals surface area contributed by atoms with Crippen molar-refractivity contribution in [1.29, 1.82) is 0 Å². The first-order chi connectivity index (χ1) is 13.3. The standard InChI is InChI=1S/C20H23NO6S/c1-14-2-4-15(5-3-14)13-27-17-6-8-18(9-7-17)28(25,26)21-11-10-16(22)12-19(21)20(23)24/h2-9,16,19,22H,10-13H2,1H3,(H,23,24). The Hall–Kier alpha value is -2.42. The lowest BCUT2D eigenvalue weighted by molar-refractivity contribution is -0.143.